The molecule has 0 saturated carbocycles. The van der Waals surface area contributed by atoms with Crippen LogP contribution in [0, 0.1) is 0 Å². The molecule has 0 radical (unpaired) electrons. The molecule has 0 saturated heterocycles. The van der Waals surface area contributed by atoms with Crippen LogP contribution in [0.5, 0.6) is 0 Å². The number of aromatic nitrogens is 2. The molecule has 2 rings (SSSR count). The van der Waals surface area contributed by atoms with Crippen LogP contribution < -0.4 is 5.32 Å². The number of rotatable bonds is 8. The zero-order chi connectivity index (χ0) is 19.5. The number of sulfonamides is 1. The van der Waals surface area contributed by atoms with Gasteiger partial charge in [0.1, 0.15) is 5.82 Å². The minimum Gasteiger partial charge on any atom is -0.354 e. The van der Waals surface area contributed by atoms with Gasteiger partial charge in [0.25, 0.3) is 0 Å². The Kier molecular flexibility index (Phi) is 6.41. The zero-order valence-corrected chi connectivity index (χ0v) is 16.9. The van der Waals surface area contributed by atoms with Crippen molar-refractivity contribution in [2.45, 2.75) is 50.5 Å². The van der Waals surface area contributed by atoms with E-state index in [0.717, 1.165) is 24.2 Å². The van der Waals surface area contributed by atoms with Gasteiger partial charge in [-0.25, -0.2) is 17.7 Å². The van der Waals surface area contributed by atoms with Crippen LogP contribution >= 0.6 is 0 Å². The third-order valence-electron chi connectivity index (χ3n) is 4.43. The van der Waals surface area contributed by atoms with Gasteiger partial charge in [0, 0.05) is 40.0 Å². The average Bonchev–Trinajstić information content (AvgIpc) is 2.88. The molecular formula is C18H28N4O3S. The number of imidazole rings is 1. The van der Waals surface area contributed by atoms with Crippen molar-refractivity contribution in [3.63, 3.8) is 0 Å². The number of aryl methyl sites for hydroxylation is 2. The number of carbonyl (C=O) groups excluding carboxylic acids is 1. The van der Waals surface area contributed by atoms with Crippen molar-refractivity contribution < 1.29 is 13.2 Å². The molecule has 8 heteroatoms. The highest BCUT2D eigenvalue weighted by molar-refractivity contribution is 7.89. The molecule has 2 aromatic rings. The van der Waals surface area contributed by atoms with Crippen molar-refractivity contribution in [2.75, 3.05) is 14.1 Å². The minimum absolute atomic E-state index is 0.00822. The maximum Gasteiger partial charge on any atom is 0.242 e. The first-order chi connectivity index (χ1) is 12.2. The molecule has 1 aromatic heterocycles. The lowest BCUT2D eigenvalue weighted by molar-refractivity contribution is -0.121. The first-order valence-electron chi connectivity index (χ1n) is 8.84. The zero-order valence-electron chi connectivity index (χ0n) is 16.1. The van der Waals surface area contributed by atoms with Crippen LogP contribution in [0.3, 0.4) is 0 Å². The lowest BCUT2D eigenvalue weighted by Crippen LogP contribution is -2.32. The van der Waals surface area contributed by atoms with Gasteiger partial charge in [0.2, 0.25) is 15.9 Å². The maximum absolute atomic E-state index is 12.3. The molecular weight excluding hydrogens is 352 g/mol. The van der Waals surface area contributed by atoms with Gasteiger partial charge in [-0.05, 0) is 31.5 Å². The number of amides is 1. The second-order valence-corrected chi connectivity index (χ2v) is 8.93. The molecule has 0 bridgehead atoms. The summed E-state index contributed by atoms with van der Waals surface area (Å²) in [6, 6.07) is 5.09. The molecule has 1 amide bonds. The molecule has 1 N–H and O–H groups in total. The first-order valence-corrected chi connectivity index (χ1v) is 10.3. The Labute approximate surface area is 155 Å². The van der Waals surface area contributed by atoms with Crippen molar-refractivity contribution in [1.82, 2.24) is 19.2 Å². The van der Waals surface area contributed by atoms with E-state index in [4.69, 9.17) is 0 Å². The van der Waals surface area contributed by atoms with Crippen molar-refractivity contribution in [3.05, 3.63) is 24.0 Å². The van der Waals surface area contributed by atoms with Gasteiger partial charge in [-0.15, -0.1) is 0 Å². The van der Waals surface area contributed by atoms with E-state index in [2.05, 4.69) is 17.2 Å². The molecule has 0 aliphatic heterocycles. The summed E-state index contributed by atoms with van der Waals surface area (Å²) in [4.78, 5) is 16.8. The predicted molar refractivity (Wildman–Crippen MR) is 102 cm³/mol. The maximum atomic E-state index is 12.3. The Bertz CT molecular complexity index is 887. The standard InChI is InChI=1S/C18H28N4O3S/c1-6-7-13(2)19-18(23)11-10-17-20-15-12-14(26(24,25)21(3)4)8-9-16(15)22(17)5/h8-9,12-13H,6-7,10-11H2,1-5H3,(H,19,23)/t13-/m1/s1. The Balaban J connectivity index is 2.17. The van der Waals surface area contributed by atoms with Crippen molar-refractivity contribution in [2.24, 2.45) is 7.05 Å². The smallest absolute Gasteiger partial charge is 0.242 e. The second kappa shape index (κ2) is 8.18. The van der Waals surface area contributed by atoms with Crippen LogP contribution in [0.2, 0.25) is 0 Å². The van der Waals surface area contributed by atoms with Crippen LogP contribution in [0.1, 0.15) is 38.9 Å². The normalized spacial score (nSPS) is 13.3. The summed E-state index contributed by atoms with van der Waals surface area (Å²) in [6.07, 6.45) is 2.85. The van der Waals surface area contributed by atoms with Gasteiger partial charge in [-0.2, -0.15) is 0 Å². The molecule has 26 heavy (non-hydrogen) atoms. The van der Waals surface area contributed by atoms with Gasteiger partial charge in [0.15, 0.2) is 0 Å². The Hall–Kier alpha value is -1.93. The van der Waals surface area contributed by atoms with Crippen LogP contribution in [0.25, 0.3) is 11.0 Å². The van der Waals surface area contributed by atoms with Crippen LogP contribution in [-0.2, 0) is 28.3 Å². The van der Waals surface area contributed by atoms with Crippen molar-refractivity contribution in [1.29, 1.82) is 0 Å². The summed E-state index contributed by atoms with van der Waals surface area (Å²) in [6.45, 7) is 4.09. The predicted octanol–water partition coefficient (Wildman–Crippen LogP) is 2.06. The number of hydrogen-bond acceptors (Lipinski definition) is 4. The van der Waals surface area contributed by atoms with Crippen molar-refractivity contribution in [3.8, 4) is 0 Å². The number of nitrogens with zero attached hydrogens (tertiary/aromatic N) is 3. The summed E-state index contributed by atoms with van der Waals surface area (Å²) < 4.78 is 27.6. The Morgan fingerprint density at radius 1 is 1.35 bits per heavy atom. The fourth-order valence-electron chi connectivity index (χ4n) is 2.90. The summed E-state index contributed by atoms with van der Waals surface area (Å²) in [5.74, 6) is 0.770. The Morgan fingerprint density at radius 2 is 2.04 bits per heavy atom. The highest BCUT2D eigenvalue weighted by atomic mass is 32.2. The largest absolute Gasteiger partial charge is 0.354 e. The van der Waals surface area contributed by atoms with E-state index < -0.39 is 10.0 Å². The number of carbonyl (C=O) groups is 1. The molecule has 144 valence electrons. The summed E-state index contributed by atoms with van der Waals surface area (Å²) in [7, 11) is 1.38. The lowest BCUT2D eigenvalue weighted by atomic mass is 10.2. The summed E-state index contributed by atoms with van der Waals surface area (Å²) >= 11 is 0. The molecule has 0 aliphatic rings. The molecule has 1 aromatic carbocycles. The highest BCUT2D eigenvalue weighted by Crippen LogP contribution is 2.21. The average molecular weight is 381 g/mol. The number of hydrogen-bond donors (Lipinski definition) is 1. The molecule has 7 nitrogen and oxygen atoms in total. The van der Waals surface area contributed by atoms with E-state index in [0.29, 0.717) is 18.4 Å². The third-order valence-corrected chi connectivity index (χ3v) is 6.24. The van der Waals surface area contributed by atoms with E-state index >= 15 is 0 Å². The summed E-state index contributed by atoms with van der Waals surface area (Å²) in [5, 5.41) is 2.98. The van der Waals surface area contributed by atoms with E-state index in [1.54, 1.807) is 18.2 Å². The van der Waals surface area contributed by atoms with Gasteiger partial charge in [-0.1, -0.05) is 13.3 Å². The molecule has 0 aliphatic carbocycles. The number of nitrogens with one attached hydrogen (secondary N) is 1. The molecule has 0 spiro atoms. The van der Waals surface area contributed by atoms with Gasteiger partial charge < -0.3 is 9.88 Å². The van der Waals surface area contributed by atoms with E-state index in [1.165, 1.54) is 18.4 Å². The minimum atomic E-state index is -3.50. The van der Waals surface area contributed by atoms with Gasteiger partial charge in [-0.3, -0.25) is 4.79 Å². The molecule has 0 fully saturated rings. The molecule has 0 unspecified atom stereocenters. The molecule has 1 heterocycles. The van der Waals surface area contributed by atoms with Gasteiger partial charge in [0.05, 0.1) is 15.9 Å². The second-order valence-electron chi connectivity index (χ2n) is 6.78. The van der Waals surface area contributed by atoms with E-state index in [-0.39, 0.29) is 16.8 Å². The topological polar surface area (TPSA) is 84.3 Å². The highest BCUT2D eigenvalue weighted by Gasteiger charge is 2.19. The quantitative estimate of drug-likeness (QED) is 0.760. The number of benzene rings is 1. The van der Waals surface area contributed by atoms with Crippen molar-refractivity contribution >= 4 is 27.0 Å². The fourth-order valence-corrected chi connectivity index (χ4v) is 3.82. The van der Waals surface area contributed by atoms with E-state index in [9.17, 15) is 13.2 Å². The third kappa shape index (κ3) is 4.42. The van der Waals surface area contributed by atoms with E-state index in [1.807, 2.05) is 18.5 Å². The van der Waals surface area contributed by atoms with Crippen LogP contribution in [-0.4, -0.2) is 48.3 Å². The summed E-state index contributed by atoms with van der Waals surface area (Å²) in [5.41, 5.74) is 1.46. The fraction of sp³-hybridized carbons (Fsp3) is 0.556. The Morgan fingerprint density at radius 3 is 2.65 bits per heavy atom. The molecule has 1 atom stereocenters. The lowest BCUT2D eigenvalue weighted by Gasteiger charge is -2.12. The first kappa shape index (κ1) is 20.4. The van der Waals surface area contributed by atoms with Crippen LogP contribution in [0.15, 0.2) is 23.1 Å². The number of fused-ring (bicyclic) bond motifs is 1. The SMILES string of the molecule is CCC[C@@H](C)NC(=O)CCc1nc2cc(S(=O)(=O)N(C)C)ccc2n1C. The monoisotopic (exact) mass is 380 g/mol. The van der Waals surface area contributed by atoms with Crippen LogP contribution in [0.4, 0.5) is 0 Å². The van der Waals surface area contributed by atoms with Gasteiger partial charge >= 0.3 is 0 Å².